The van der Waals surface area contributed by atoms with Crippen LogP contribution in [-0.4, -0.2) is 85.3 Å². The van der Waals surface area contributed by atoms with Crippen molar-refractivity contribution in [1.82, 2.24) is 14.7 Å². The Bertz CT molecular complexity index is 922. The number of urea groups is 1. The van der Waals surface area contributed by atoms with Crippen molar-refractivity contribution < 1.29 is 14.3 Å². The summed E-state index contributed by atoms with van der Waals surface area (Å²) in [5.41, 5.74) is 1.57. The number of piperazine rings is 1. The Kier molecular flexibility index (Phi) is 7.38. The summed E-state index contributed by atoms with van der Waals surface area (Å²) in [6, 6.07) is 5.42. The minimum absolute atomic E-state index is 0.0402. The molecule has 4 rings (SSSR count). The molecule has 2 saturated heterocycles. The molecule has 3 heterocycles. The summed E-state index contributed by atoms with van der Waals surface area (Å²) in [5.74, 6) is -0.162. The summed E-state index contributed by atoms with van der Waals surface area (Å²) in [5, 5.41) is 0.946. The summed E-state index contributed by atoms with van der Waals surface area (Å²) in [7, 11) is 0. The van der Waals surface area contributed by atoms with Gasteiger partial charge in [0.05, 0.1) is 34.9 Å². The average molecular weight is 479 g/mol. The number of hydrogen-bond donors (Lipinski definition) is 0. The second-order valence-corrected chi connectivity index (χ2v) is 9.07. The predicted octanol–water partition coefficient (Wildman–Crippen LogP) is 3.66. The van der Waals surface area contributed by atoms with Gasteiger partial charge in [0.2, 0.25) is 5.91 Å². The lowest BCUT2D eigenvalue weighted by molar-refractivity contribution is -0.136. The lowest BCUT2D eigenvalue weighted by atomic mass is 9.86. The maximum atomic E-state index is 13.4. The van der Waals surface area contributed by atoms with Gasteiger partial charge in [-0.1, -0.05) is 36.2 Å². The number of carbonyl (C=O) groups excluding carboxylic acids is 2. The fourth-order valence-corrected chi connectivity index (χ4v) is 4.63. The lowest BCUT2D eigenvalue weighted by Gasteiger charge is -2.40. The predicted molar refractivity (Wildman–Crippen MR) is 126 cm³/mol. The molecule has 0 aliphatic carbocycles. The molecule has 1 aromatic carbocycles. The molecule has 32 heavy (non-hydrogen) atoms. The molecule has 0 spiro atoms. The smallest absolute Gasteiger partial charge is 0.320 e. The minimum Gasteiger partial charge on any atom is -0.378 e. The van der Waals surface area contributed by atoms with Crippen LogP contribution < -0.4 is 0 Å². The Hall–Kier alpha value is -2.09. The first-order valence-corrected chi connectivity index (χ1v) is 11.9. The van der Waals surface area contributed by atoms with Crippen LogP contribution in [0.1, 0.15) is 18.9 Å². The van der Waals surface area contributed by atoms with Gasteiger partial charge >= 0.3 is 6.03 Å². The van der Waals surface area contributed by atoms with E-state index in [1.165, 1.54) is 0 Å². The maximum absolute atomic E-state index is 13.4. The molecule has 0 bridgehead atoms. The van der Waals surface area contributed by atoms with Gasteiger partial charge in [0.1, 0.15) is 0 Å². The van der Waals surface area contributed by atoms with E-state index in [0.717, 1.165) is 17.7 Å². The second-order valence-electron chi connectivity index (χ2n) is 8.25. The number of morpholine rings is 1. The molecule has 0 radical (unpaired) electrons. The van der Waals surface area contributed by atoms with Crippen molar-refractivity contribution in [2.75, 3.05) is 52.5 Å². The monoisotopic (exact) mass is 478 g/mol. The molecule has 3 aliphatic heterocycles. The van der Waals surface area contributed by atoms with E-state index in [9.17, 15) is 9.59 Å². The summed E-state index contributed by atoms with van der Waals surface area (Å²) < 4.78 is 5.33. The number of hydrogen-bond acceptors (Lipinski definition) is 4. The molecule has 2 unspecified atom stereocenters. The summed E-state index contributed by atoms with van der Waals surface area (Å²) >= 11 is 12.2. The Morgan fingerprint density at radius 3 is 2.31 bits per heavy atom. The van der Waals surface area contributed by atoms with Gasteiger partial charge in [-0.3, -0.25) is 9.79 Å². The Balaban J connectivity index is 1.43. The van der Waals surface area contributed by atoms with Crippen molar-refractivity contribution in [2.45, 2.75) is 13.3 Å². The number of nitrogens with zero attached hydrogens (tertiary/aromatic N) is 4. The van der Waals surface area contributed by atoms with Gasteiger partial charge < -0.3 is 19.4 Å². The molecule has 7 nitrogen and oxygen atoms in total. The molecule has 2 atom stereocenters. The molecular weight excluding hydrogens is 451 g/mol. The highest BCUT2D eigenvalue weighted by molar-refractivity contribution is 6.42. The van der Waals surface area contributed by atoms with Gasteiger partial charge in [-0.25, -0.2) is 4.79 Å². The molecule has 2 fully saturated rings. The molecule has 0 N–H and O–H groups in total. The van der Waals surface area contributed by atoms with Crippen molar-refractivity contribution >= 4 is 47.1 Å². The van der Waals surface area contributed by atoms with Gasteiger partial charge in [0.25, 0.3) is 0 Å². The van der Waals surface area contributed by atoms with Crippen LogP contribution in [0.15, 0.2) is 29.3 Å². The highest BCUT2D eigenvalue weighted by atomic mass is 35.5. The topological polar surface area (TPSA) is 65.5 Å². The number of halogens is 2. The maximum Gasteiger partial charge on any atom is 0.320 e. The van der Waals surface area contributed by atoms with Gasteiger partial charge in [-0.2, -0.15) is 0 Å². The van der Waals surface area contributed by atoms with E-state index >= 15 is 0 Å². The highest BCUT2D eigenvalue weighted by Crippen LogP contribution is 2.32. The first-order valence-electron chi connectivity index (χ1n) is 11.1. The van der Waals surface area contributed by atoms with Crippen LogP contribution >= 0.6 is 23.2 Å². The molecule has 3 amide bonds. The normalized spacial score (nSPS) is 23.8. The van der Waals surface area contributed by atoms with Crippen molar-refractivity contribution in [3.05, 3.63) is 39.9 Å². The molecule has 0 aromatic heterocycles. The van der Waals surface area contributed by atoms with E-state index in [2.05, 4.69) is 11.9 Å². The standard InChI is InChI=1S/C23H28Cl2N4O3/c1-2-16-15-26-21(17-3-4-19(24)20(25)13-17)14-18(16)22(30)27-5-7-28(8-6-27)23(31)29-9-11-32-12-10-29/h3-4,13-16,18H,2,5-12H2,1H3. The number of aliphatic imine (C=N–C) groups is 1. The Labute approximate surface area is 198 Å². The zero-order valence-corrected chi connectivity index (χ0v) is 19.7. The third-order valence-corrected chi connectivity index (χ3v) is 7.06. The molecular formula is C23H28Cl2N4O3. The first kappa shape index (κ1) is 23.1. The van der Waals surface area contributed by atoms with E-state index in [0.29, 0.717) is 62.5 Å². The quantitative estimate of drug-likeness (QED) is 0.665. The summed E-state index contributed by atoms with van der Waals surface area (Å²) in [4.78, 5) is 36.3. The van der Waals surface area contributed by atoms with Gasteiger partial charge in [0, 0.05) is 57.0 Å². The zero-order chi connectivity index (χ0) is 22.7. The minimum atomic E-state index is -0.288. The third kappa shape index (κ3) is 4.95. The average Bonchev–Trinajstić information content (AvgIpc) is 2.85. The van der Waals surface area contributed by atoms with Crippen LogP contribution in [0.2, 0.25) is 10.0 Å². The van der Waals surface area contributed by atoms with Crippen LogP contribution in [0.25, 0.3) is 5.70 Å². The van der Waals surface area contributed by atoms with Crippen molar-refractivity contribution in [3.8, 4) is 0 Å². The molecule has 1 aromatic rings. The number of benzene rings is 1. The van der Waals surface area contributed by atoms with Gasteiger partial charge in [-0.15, -0.1) is 0 Å². The van der Waals surface area contributed by atoms with Crippen LogP contribution in [0, 0.1) is 11.8 Å². The number of rotatable bonds is 3. The van der Waals surface area contributed by atoms with Crippen LogP contribution in [0.3, 0.4) is 0 Å². The van der Waals surface area contributed by atoms with Gasteiger partial charge in [0.15, 0.2) is 0 Å². The highest BCUT2D eigenvalue weighted by Gasteiger charge is 2.34. The lowest BCUT2D eigenvalue weighted by Crippen LogP contribution is -2.56. The molecule has 3 aliphatic rings. The zero-order valence-electron chi connectivity index (χ0n) is 18.2. The van der Waals surface area contributed by atoms with E-state index < -0.39 is 0 Å². The van der Waals surface area contributed by atoms with Crippen LogP contribution in [-0.2, 0) is 9.53 Å². The van der Waals surface area contributed by atoms with Crippen molar-refractivity contribution in [3.63, 3.8) is 0 Å². The fourth-order valence-electron chi connectivity index (χ4n) is 4.33. The third-order valence-electron chi connectivity index (χ3n) is 6.32. The number of amides is 3. The Morgan fingerprint density at radius 2 is 1.66 bits per heavy atom. The second kappa shape index (κ2) is 10.2. The van der Waals surface area contributed by atoms with Crippen LogP contribution in [0.4, 0.5) is 4.79 Å². The van der Waals surface area contributed by atoms with Crippen LogP contribution in [0.5, 0.6) is 0 Å². The SMILES string of the molecule is CCC1C=NC(c2ccc(Cl)c(Cl)c2)=CC1C(=O)N1CCN(C(=O)N2CCOCC2)CC1. The van der Waals surface area contributed by atoms with Crippen molar-refractivity contribution in [1.29, 1.82) is 0 Å². The van der Waals surface area contributed by atoms with E-state index in [-0.39, 0.29) is 23.8 Å². The molecule has 0 saturated carbocycles. The van der Waals surface area contributed by atoms with E-state index in [1.54, 1.807) is 12.1 Å². The first-order chi connectivity index (χ1) is 15.5. The van der Waals surface area contributed by atoms with Gasteiger partial charge in [-0.05, 0) is 24.6 Å². The number of carbonyl (C=O) groups is 2. The van der Waals surface area contributed by atoms with Crippen molar-refractivity contribution in [2.24, 2.45) is 16.8 Å². The molecule has 9 heteroatoms. The fraction of sp³-hybridized carbons (Fsp3) is 0.522. The number of ether oxygens (including phenoxy) is 1. The summed E-state index contributed by atoms with van der Waals surface area (Å²) in [6.07, 6.45) is 4.64. The largest absolute Gasteiger partial charge is 0.378 e. The molecule has 172 valence electrons. The summed E-state index contributed by atoms with van der Waals surface area (Å²) in [6.45, 7) is 6.64. The van der Waals surface area contributed by atoms with E-state index in [4.69, 9.17) is 27.9 Å². The Morgan fingerprint density at radius 1 is 1.00 bits per heavy atom. The van der Waals surface area contributed by atoms with E-state index in [1.807, 2.05) is 33.1 Å².